The van der Waals surface area contributed by atoms with Crippen molar-refractivity contribution in [1.82, 2.24) is 30.4 Å². The summed E-state index contributed by atoms with van der Waals surface area (Å²) in [4.78, 5) is 11.7. The van der Waals surface area contributed by atoms with Gasteiger partial charge in [0.05, 0.1) is 23.1 Å². The van der Waals surface area contributed by atoms with Gasteiger partial charge in [0.15, 0.2) is 5.82 Å². The van der Waals surface area contributed by atoms with Gasteiger partial charge < -0.3 is 16.0 Å². The molecule has 1 aliphatic heterocycles. The first kappa shape index (κ1) is 20.4. The second kappa shape index (κ2) is 8.27. The summed E-state index contributed by atoms with van der Waals surface area (Å²) in [7, 11) is 0. The van der Waals surface area contributed by atoms with Gasteiger partial charge in [-0.2, -0.15) is 10.2 Å². The number of nitrogens with zero attached hydrogens (tertiary/aromatic N) is 5. The topological polar surface area (TPSA) is 124 Å². The van der Waals surface area contributed by atoms with Crippen LogP contribution in [0.15, 0.2) is 60.8 Å². The average Bonchev–Trinajstić information content (AvgIpc) is 3.59. The lowest BCUT2D eigenvalue weighted by molar-refractivity contribution is 0.751. The maximum atomic E-state index is 6.07. The van der Waals surface area contributed by atoms with Gasteiger partial charge >= 0.3 is 0 Å². The molecule has 5 aromatic rings. The Balaban J connectivity index is 1.33. The van der Waals surface area contributed by atoms with Crippen LogP contribution in [0.5, 0.6) is 0 Å². The van der Waals surface area contributed by atoms with Crippen LogP contribution in [0.25, 0.3) is 33.4 Å². The van der Waals surface area contributed by atoms with Gasteiger partial charge in [-0.1, -0.05) is 18.2 Å². The maximum absolute atomic E-state index is 6.07. The zero-order valence-corrected chi connectivity index (χ0v) is 18.8. The molecule has 0 saturated carbocycles. The van der Waals surface area contributed by atoms with Gasteiger partial charge in [-0.3, -0.25) is 15.2 Å². The fourth-order valence-electron chi connectivity index (χ4n) is 4.45. The van der Waals surface area contributed by atoms with Gasteiger partial charge in [-0.05, 0) is 55.3 Å². The molecule has 4 aromatic heterocycles. The van der Waals surface area contributed by atoms with Crippen molar-refractivity contribution in [2.24, 2.45) is 5.73 Å². The van der Waals surface area contributed by atoms with Crippen molar-refractivity contribution in [2.45, 2.75) is 19.4 Å². The smallest absolute Gasteiger partial charge is 0.161 e. The number of nitrogens with two attached hydrogens (primary N) is 1. The first-order valence-corrected chi connectivity index (χ1v) is 11.3. The van der Waals surface area contributed by atoms with Crippen molar-refractivity contribution >= 4 is 28.4 Å². The predicted octanol–water partition coefficient (Wildman–Crippen LogP) is 4.00. The monoisotopic (exact) mass is 451 g/mol. The highest BCUT2D eigenvalue weighted by atomic mass is 15.2. The van der Waals surface area contributed by atoms with Gasteiger partial charge in [-0.25, -0.2) is 4.98 Å². The highest BCUT2D eigenvalue weighted by Gasteiger charge is 2.20. The van der Waals surface area contributed by atoms with Crippen LogP contribution >= 0.6 is 0 Å². The Hall–Kier alpha value is -4.24. The first-order valence-electron chi connectivity index (χ1n) is 11.3. The number of pyridine rings is 2. The van der Waals surface area contributed by atoms with Crippen LogP contribution < -0.4 is 16.0 Å². The molecule has 0 radical (unpaired) electrons. The van der Waals surface area contributed by atoms with Gasteiger partial charge in [0, 0.05) is 35.8 Å². The molecule has 0 spiro atoms. The quantitative estimate of drug-likeness (QED) is 0.318. The molecule has 0 amide bonds. The first-order chi connectivity index (χ1) is 16.6. The van der Waals surface area contributed by atoms with Crippen LogP contribution in [0.2, 0.25) is 0 Å². The number of hydrogen-bond acceptors (Lipinski definition) is 7. The summed E-state index contributed by atoms with van der Waals surface area (Å²) >= 11 is 0. The molecule has 1 saturated heterocycles. The standard InChI is InChI=1S/C25H25N9/c1-15-4-2-5-21(28-15)24-19(13-27-32-24)16-8-9-20-18(12-16)25(33-31-20)30-22-6-3-7-23(29-22)34-11-10-17(26)14-34/h2-9,12-13,17H,10-11,14,26H2,1H3,(H,27,32)(H2,29,30,31,33)/t17-/m1/s1. The van der Waals surface area contributed by atoms with Crippen LogP contribution in [0, 0.1) is 6.92 Å². The second-order valence-electron chi connectivity index (χ2n) is 8.66. The van der Waals surface area contributed by atoms with E-state index in [2.05, 4.69) is 47.7 Å². The van der Waals surface area contributed by atoms with Crippen molar-refractivity contribution < 1.29 is 0 Å². The number of aromatic amines is 2. The Bertz CT molecular complexity index is 1470. The van der Waals surface area contributed by atoms with Crippen LogP contribution in [0.1, 0.15) is 12.1 Å². The summed E-state index contributed by atoms with van der Waals surface area (Å²) in [5.41, 5.74) is 11.7. The number of H-pyrrole nitrogens is 2. The van der Waals surface area contributed by atoms with E-state index in [9.17, 15) is 0 Å². The summed E-state index contributed by atoms with van der Waals surface area (Å²) in [5, 5.41) is 19.3. The van der Waals surface area contributed by atoms with E-state index < -0.39 is 0 Å². The molecular formula is C25H25N9. The molecule has 5 heterocycles. The lowest BCUT2D eigenvalue weighted by atomic mass is 10.0. The highest BCUT2D eigenvalue weighted by Crippen LogP contribution is 2.33. The number of fused-ring (bicyclic) bond motifs is 1. The molecule has 1 atom stereocenters. The third-order valence-corrected chi connectivity index (χ3v) is 6.19. The van der Waals surface area contributed by atoms with E-state index in [1.54, 1.807) is 0 Å². The molecule has 5 N–H and O–H groups in total. The summed E-state index contributed by atoms with van der Waals surface area (Å²) in [5.74, 6) is 2.38. The molecule has 0 unspecified atom stereocenters. The van der Waals surface area contributed by atoms with Crippen LogP contribution in [0.4, 0.5) is 17.5 Å². The number of hydrogen-bond donors (Lipinski definition) is 4. The van der Waals surface area contributed by atoms with Crippen molar-refractivity contribution in [3.8, 4) is 22.5 Å². The van der Waals surface area contributed by atoms with E-state index in [0.29, 0.717) is 0 Å². The SMILES string of the molecule is Cc1cccc(-c2[nH]ncc2-c2ccc3[nH]nc(Nc4cccc(N5CC[C@@H](N)C5)n4)c3c2)n1. The number of aryl methyl sites for hydroxylation is 1. The molecule has 6 rings (SSSR count). The molecule has 1 aliphatic rings. The van der Waals surface area contributed by atoms with Gasteiger partial charge in [-0.15, -0.1) is 0 Å². The Morgan fingerprint density at radius 3 is 2.82 bits per heavy atom. The van der Waals surface area contributed by atoms with Crippen molar-refractivity contribution in [3.05, 3.63) is 66.5 Å². The predicted molar refractivity (Wildman–Crippen MR) is 134 cm³/mol. The average molecular weight is 452 g/mol. The molecule has 34 heavy (non-hydrogen) atoms. The van der Waals surface area contributed by atoms with Crippen molar-refractivity contribution in [1.29, 1.82) is 0 Å². The lowest BCUT2D eigenvalue weighted by Crippen LogP contribution is -2.26. The zero-order chi connectivity index (χ0) is 23.1. The van der Waals surface area contributed by atoms with Crippen molar-refractivity contribution in [3.63, 3.8) is 0 Å². The fraction of sp³-hybridized carbons (Fsp3) is 0.200. The normalized spacial score (nSPS) is 15.8. The molecule has 0 bridgehead atoms. The van der Waals surface area contributed by atoms with Gasteiger partial charge in [0.2, 0.25) is 0 Å². The van der Waals surface area contributed by atoms with Gasteiger partial charge in [0.25, 0.3) is 0 Å². The van der Waals surface area contributed by atoms with E-state index >= 15 is 0 Å². The second-order valence-corrected chi connectivity index (χ2v) is 8.66. The number of aromatic nitrogens is 6. The Kier molecular flexibility index (Phi) is 4.96. The third kappa shape index (κ3) is 3.75. The number of benzene rings is 1. The van der Waals surface area contributed by atoms with Crippen LogP contribution in [-0.2, 0) is 0 Å². The summed E-state index contributed by atoms with van der Waals surface area (Å²) in [6.45, 7) is 3.74. The van der Waals surface area contributed by atoms with Crippen molar-refractivity contribution in [2.75, 3.05) is 23.3 Å². The van der Waals surface area contributed by atoms with E-state index in [1.807, 2.05) is 55.6 Å². The molecule has 1 fully saturated rings. The van der Waals surface area contributed by atoms with Crippen LogP contribution in [-0.4, -0.2) is 49.5 Å². The molecule has 9 nitrogen and oxygen atoms in total. The Labute approximate surface area is 196 Å². The van der Waals surface area contributed by atoms with E-state index in [1.165, 1.54) is 0 Å². The molecule has 9 heteroatoms. The minimum atomic E-state index is 0.204. The zero-order valence-electron chi connectivity index (χ0n) is 18.8. The number of rotatable bonds is 5. The Morgan fingerprint density at radius 1 is 1.06 bits per heavy atom. The van der Waals surface area contributed by atoms with E-state index in [0.717, 1.165) is 76.1 Å². The van der Waals surface area contributed by atoms with Crippen LogP contribution in [0.3, 0.4) is 0 Å². The third-order valence-electron chi connectivity index (χ3n) is 6.19. The summed E-state index contributed by atoms with van der Waals surface area (Å²) < 4.78 is 0. The summed E-state index contributed by atoms with van der Waals surface area (Å²) in [6, 6.07) is 18.3. The fourth-order valence-corrected chi connectivity index (χ4v) is 4.45. The molecule has 0 aliphatic carbocycles. The minimum absolute atomic E-state index is 0.204. The highest BCUT2D eigenvalue weighted by molar-refractivity contribution is 5.95. The van der Waals surface area contributed by atoms with Gasteiger partial charge in [0.1, 0.15) is 11.6 Å². The molecule has 170 valence electrons. The maximum Gasteiger partial charge on any atom is 0.161 e. The Morgan fingerprint density at radius 2 is 1.97 bits per heavy atom. The molecular weight excluding hydrogens is 426 g/mol. The van der Waals surface area contributed by atoms with E-state index in [-0.39, 0.29) is 6.04 Å². The molecule has 1 aromatic carbocycles. The summed E-state index contributed by atoms with van der Waals surface area (Å²) in [6.07, 6.45) is 2.82. The minimum Gasteiger partial charge on any atom is -0.355 e. The lowest BCUT2D eigenvalue weighted by Gasteiger charge is -2.17. The largest absolute Gasteiger partial charge is 0.355 e. The number of nitrogens with one attached hydrogen (secondary N) is 3. The number of anilines is 3. The van der Waals surface area contributed by atoms with E-state index in [4.69, 9.17) is 10.7 Å².